The summed E-state index contributed by atoms with van der Waals surface area (Å²) in [5, 5.41) is 3.98. The average molecular weight is 212 g/mol. The van der Waals surface area contributed by atoms with Gasteiger partial charge in [0.15, 0.2) is 5.76 Å². The number of halogens is 2. The molecule has 15 heavy (non-hydrogen) atoms. The van der Waals surface area contributed by atoms with Crippen LogP contribution in [-0.2, 0) is 13.5 Å². The molecule has 0 aliphatic carbocycles. The van der Waals surface area contributed by atoms with E-state index < -0.39 is 6.43 Å². The van der Waals surface area contributed by atoms with Crippen LogP contribution < -0.4 is 0 Å². The number of furan rings is 1. The Morgan fingerprint density at radius 3 is 2.93 bits per heavy atom. The van der Waals surface area contributed by atoms with Gasteiger partial charge in [-0.15, -0.1) is 0 Å². The van der Waals surface area contributed by atoms with Gasteiger partial charge in [0, 0.05) is 7.05 Å². The first kappa shape index (κ1) is 9.89. The number of aryl methyl sites for hydroxylation is 1. The molecule has 0 N–H and O–H groups in total. The third kappa shape index (κ3) is 2.06. The second kappa shape index (κ2) is 3.84. The molecule has 0 aromatic carbocycles. The van der Waals surface area contributed by atoms with Crippen molar-refractivity contribution in [2.24, 2.45) is 7.05 Å². The van der Waals surface area contributed by atoms with Crippen LogP contribution in [0.15, 0.2) is 28.9 Å². The smallest absolute Gasteiger partial charge is 0.244 e. The molecule has 2 heterocycles. The standard InChI is InChI=1S/C10H10F2N2O/c1-14-8(9-3-2-4-15-9)5-7(13-14)6-10(11)12/h2-5,10H,6H2,1H3. The largest absolute Gasteiger partial charge is 0.463 e. The normalized spacial score (nSPS) is 11.2. The minimum absolute atomic E-state index is 0.325. The number of nitrogens with zero attached hydrogens (tertiary/aromatic N) is 2. The van der Waals surface area contributed by atoms with Gasteiger partial charge in [-0.05, 0) is 18.2 Å². The monoisotopic (exact) mass is 212 g/mol. The molecule has 0 bridgehead atoms. The second-order valence-electron chi connectivity index (χ2n) is 3.22. The van der Waals surface area contributed by atoms with E-state index in [9.17, 15) is 8.78 Å². The first-order chi connectivity index (χ1) is 7.16. The van der Waals surface area contributed by atoms with Gasteiger partial charge >= 0.3 is 0 Å². The molecule has 3 nitrogen and oxygen atoms in total. The summed E-state index contributed by atoms with van der Waals surface area (Å²) in [4.78, 5) is 0. The number of aromatic nitrogens is 2. The van der Waals surface area contributed by atoms with Gasteiger partial charge in [-0.25, -0.2) is 8.78 Å². The van der Waals surface area contributed by atoms with Crippen LogP contribution >= 0.6 is 0 Å². The van der Waals surface area contributed by atoms with E-state index in [1.165, 1.54) is 10.9 Å². The topological polar surface area (TPSA) is 31.0 Å². The van der Waals surface area contributed by atoms with Crippen molar-refractivity contribution >= 4 is 0 Å². The number of rotatable bonds is 3. The van der Waals surface area contributed by atoms with Crippen LogP contribution in [0.4, 0.5) is 8.78 Å². The summed E-state index contributed by atoms with van der Waals surface area (Å²) in [6.45, 7) is 0. The van der Waals surface area contributed by atoms with E-state index in [4.69, 9.17) is 4.42 Å². The molecule has 0 fully saturated rings. The van der Waals surface area contributed by atoms with Crippen molar-refractivity contribution in [1.29, 1.82) is 0 Å². The zero-order valence-electron chi connectivity index (χ0n) is 8.15. The number of hydrogen-bond donors (Lipinski definition) is 0. The van der Waals surface area contributed by atoms with E-state index >= 15 is 0 Å². The minimum Gasteiger partial charge on any atom is -0.463 e. The third-order valence-electron chi connectivity index (χ3n) is 2.07. The molecule has 0 unspecified atom stereocenters. The molecule has 5 heteroatoms. The highest BCUT2D eigenvalue weighted by Gasteiger charge is 2.12. The van der Waals surface area contributed by atoms with Gasteiger partial charge < -0.3 is 4.42 Å². The molecular weight excluding hydrogens is 202 g/mol. The molecule has 0 spiro atoms. The Labute approximate surface area is 85.3 Å². The van der Waals surface area contributed by atoms with Gasteiger partial charge in [0.1, 0.15) is 5.69 Å². The molecule has 0 saturated heterocycles. The number of alkyl halides is 2. The Morgan fingerprint density at radius 2 is 2.33 bits per heavy atom. The fourth-order valence-corrected chi connectivity index (χ4v) is 1.44. The molecule has 2 rings (SSSR count). The van der Waals surface area contributed by atoms with Crippen LogP contribution in [0.1, 0.15) is 5.69 Å². The predicted molar refractivity (Wildman–Crippen MR) is 50.6 cm³/mol. The summed E-state index contributed by atoms with van der Waals surface area (Å²) in [6.07, 6.45) is -1.16. The molecule has 0 aliphatic heterocycles. The minimum atomic E-state index is -2.37. The van der Waals surface area contributed by atoms with Gasteiger partial charge in [0.05, 0.1) is 18.4 Å². The first-order valence-electron chi connectivity index (χ1n) is 4.52. The lowest BCUT2D eigenvalue weighted by atomic mass is 10.2. The first-order valence-corrected chi connectivity index (χ1v) is 4.52. The Hall–Kier alpha value is -1.65. The van der Waals surface area contributed by atoms with E-state index in [-0.39, 0.29) is 6.42 Å². The van der Waals surface area contributed by atoms with Crippen LogP contribution in [-0.4, -0.2) is 16.2 Å². The second-order valence-corrected chi connectivity index (χ2v) is 3.22. The maximum atomic E-state index is 12.1. The van der Waals surface area contributed by atoms with E-state index in [0.717, 1.165) is 0 Å². The fourth-order valence-electron chi connectivity index (χ4n) is 1.44. The van der Waals surface area contributed by atoms with Crippen molar-refractivity contribution < 1.29 is 13.2 Å². The average Bonchev–Trinajstić information content (AvgIpc) is 2.72. The molecule has 0 amide bonds. The lowest BCUT2D eigenvalue weighted by Gasteiger charge is -1.94. The van der Waals surface area contributed by atoms with Gasteiger partial charge in [-0.3, -0.25) is 4.68 Å². The highest BCUT2D eigenvalue weighted by Crippen LogP contribution is 2.21. The quantitative estimate of drug-likeness (QED) is 0.782. The van der Waals surface area contributed by atoms with E-state index in [1.807, 2.05) is 0 Å². The maximum absolute atomic E-state index is 12.1. The van der Waals surface area contributed by atoms with Gasteiger partial charge in [0.2, 0.25) is 6.43 Å². The Bertz CT molecular complexity index is 434. The predicted octanol–water partition coefficient (Wildman–Crippen LogP) is 2.49. The van der Waals surface area contributed by atoms with Crippen LogP contribution in [0.5, 0.6) is 0 Å². The highest BCUT2D eigenvalue weighted by atomic mass is 19.3. The van der Waals surface area contributed by atoms with Crippen molar-refractivity contribution in [2.75, 3.05) is 0 Å². The fraction of sp³-hybridized carbons (Fsp3) is 0.300. The molecular formula is C10H10F2N2O. The lowest BCUT2D eigenvalue weighted by Crippen LogP contribution is -1.99. The Balaban J connectivity index is 2.30. The van der Waals surface area contributed by atoms with Gasteiger partial charge in [-0.1, -0.05) is 0 Å². The summed E-state index contributed by atoms with van der Waals surface area (Å²) in [6, 6.07) is 5.13. The van der Waals surface area contributed by atoms with Crippen LogP contribution in [0.3, 0.4) is 0 Å². The van der Waals surface area contributed by atoms with Crippen molar-refractivity contribution in [3.8, 4) is 11.5 Å². The molecule has 0 atom stereocenters. The van der Waals surface area contributed by atoms with Gasteiger partial charge in [0.25, 0.3) is 0 Å². The molecule has 0 radical (unpaired) electrons. The van der Waals surface area contributed by atoms with Crippen molar-refractivity contribution in [3.63, 3.8) is 0 Å². The summed E-state index contributed by atoms with van der Waals surface area (Å²) in [7, 11) is 1.70. The van der Waals surface area contributed by atoms with E-state index in [2.05, 4.69) is 5.10 Å². The summed E-state index contributed by atoms with van der Waals surface area (Å²) < 4.78 is 31.0. The Kier molecular flexibility index (Phi) is 2.53. The summed E-state index contributed by atoms with van der Waals surface area (Å²) in [5.74, 6) is 0.630. The molecule has 0 aliphatic rings. The molecule has 80 valence electrons. The zero-order chi connectivity index (χ0) is 10.8. The van der Waals surface area contributed by atoms with E-state index in [0.29, 0.717) is 17.1 Å². The van der Waals surface area contributed by atoms with Crippen LogP contribution in [0, 0.1) is 0 Å². The summed E-state index contributed by atoms with van der Waals surface area (Å²) in [5.41, 5.74) is 1.08. The van der Waals surface area contributed by atoms with E-state index in [1.54, 1.807) is 25.2 Å². The molecule has 0 saturated carbocycles. The maximum Gasteiger partial charge on any atom is 0.244 e. The highest BCUT2D eigenvalue weighted by molar-refractivity contribution is 5.52. The Morgan fingerprint density at radius 1 is 1.53 bits per heavy atom. The SMILES string of the molecule is Cn1nc(CC(F)F)cc1-c1ccco1. The number of hydrogen-bond acceptors (Lipinski definition) is 2. The third-order valence-corrected chi connectivity index (χ3v) is 2.07. The van der Waals surface area contributed by atoms with Crippen molar-refractivity contribution in [3.05, 3.63) is 30.2 Å². The molecule has 2 aromatic heterocycles. The van der Waals surface area contributed by atoms with Crippen molar-refractivity contribution in [2.45, 2.75) is 12.8 Å². The van der Waals surface area contributed by atoms with Crippen LogP contribution in [0.2, 0.25) is 0 Å². The summed E-state index contributed by atoms with van der Waals surface area (Å²) >= 11 is 0. The molecule has 2 aromatic rings. The van der Waals surface area contributed by atoms with Gasteiger partial charge in [-0.2, -0.15) is 5.10 Å². The van der Waals surface area contributed by atoms with Crippen LogP contribution in [0.25, 0.3) is 11.5 Å². The lowest BCUT2D eigenvalue weighted by molar-refractivity contribution is 0.147. The zero-order valence-corrected chi connectivity index (χ0v) is 8.15. The van der Waals surface area contributed by atoms with Crippen molar-refractivity contribution in [1.82, 2.24) is 9.78 Å².